The van der Waals surface area contributed by atoms with E-state index in [0.717, 1.165) is 0 Å². The summed E-state index contributed by atoms with van der Waals surface area (Å²) < 4.78 is 10.8. The van der Waals surface area contributed by atoms with Gasteiger partial charge >= 0.3 is 0 Å². The summed E-state index contributed by atoms with van der Waals surface area (Å²) in [5.41, 5.74) is 0. The normalized spacial score (nSPS) is 13.0. The molecule has 1 unspecified atom stereocenters. The van der Waals surface area contributed by atoms with E-state index in [-0.39, 0.29) is 0 Å². The Labute approximate surface area is 66.7 Å². The molecule has 0 spiro atoms. The second-order valence-corrected chi connectivity index (χ2v) is 3.54. The maximum Gasteiger partial charge on any atom is 0.130 e. The highest BCUT2D eigenvalue weighted by molar-refractivity contribution is 7.84. The molecule has 0 aliphatic heterocycles. The van der Waals surface area contributed by atoms with Crippen LogP contribution in [0.3, 0.4) is 0 Å². The highest BCUT2D eigenvalue weighted by atomic mass is 35.5. The lowest BCUT2D eigenvalue weighted by Crippen LogP contribution is -1.86. The molecular formula is C6H6ClNOS. The smallest absolute Gasteiger partial charge is 0.130 e. The van der Waals surface area contributed by atoms with Crippen molar-refractivity contribution in [2.24, 2.45) is 0 Å². The molecule has 1 aromatic heterocycles. The summed E-state index contributed by atoms with van der Waals surface area (Å²) in [7, 11) is -0.964. The van der Waals surface area contributed by atoms with E-state index in [1.807, 2.05) is 0 Å². The number of nitrogens with zero attached hydrogens (tertiary/aromatic N) is 1. The first-order valence-corrected chi connectivity index (χ1v) is 4.59. The molecule has 0 N–H and O–H groups in total. The maximum atomic E-state index is 10.8. The van der Waals surface area contributed by atoms with Crippen LogP contribution in [-0.2, 0) is 10.8 Å². The second-order valence-electron chi connectivity index (χ2n) is 1.77. The van der Waals surface area contributed by atoms with Gasteiger partial charge in [-0.1, -0.05) is 11.6 Å². The molecule has 4 heteroatoms. The van der Waals surface area contributed by atoms with Crippen LogP contribution in [0.15, 0.2) is 23.2 Å². The maximum absolute atomic E-state index is 10.8. The lowest BCUT2D eigenvalue weighted by molar-refractivity contribution is 0.686. The van der Waals surface area contributed by atoms with Gasteiger partial charge in [-0.05, 0) is 12.1 Å². The molecule has 0 radical (unpaired) electrons. The molecule has 10 heavy (non-hydrogen) atoms. The van der Waals surface area contributed by atoms with Crippen LogP contribution in [0.25, 0.3) is 0 Å². The Hall–Kier alpha value is -0.410. The Balaban J connectivity index is 3.07. The summed E-state index contributed by atoms with van der Waals surface area (Å²) in [4.78, 5) is 4.46. The molecule has 0 aliphatic carbocycles. The Kier molecular flexibility index (Phi) is 2.40. The van der Waals surface area contributed by atoms with Gasteiger partial charge in [0, 0.05) is 28.1 Å². The number of pyridine rings is 1. The zero-order chi connectivity index (χ0) is 7.56. The molecule has 0 bridgehead atoms. The lowest BCUT2D eigenvalue weighted by Gasteiger charge is -1.93. The zero-order valence-electron chi connectivity index (χ0n) is 5.37. The zero-order valence-corrected chi connectivity index (χ0v) is 6.95. The van der Waals surface area contributed by atoms with Crippen LogP contribution in [0, 0.1) is 0 Å². The summed E-state index contributed by atoms with van der Waals surface area (Å²) in [6.45, 7) is 0. The van der Waals surface area contributed by atoms with E-state index in [1.165, 1.54) is 0 Å². The Morgan fingerprint density at radius 1 is 1.70 bits per heavy atom. The highest BCUT2D eigenvalue weighted by Gasteiger charge is 1.96. The van der Waals surface area contributed by atoms with Gasteiger partial charge in [0.25, 0.3) is 0 Å². The predicted octanol–water partition coefficient (Wildman–Crippen LogP) is 1.47. The summed E-state index contributed by atoms with van der Waals surface area (Å²) in [5.74, 6) is 0. The SMILES string of the molecule is CS(=O)c1ccnc(Cl)c1. The number of rotatable bonds is 1. The average molecular weight is 176 g/mol. The van der Waals surface area contributed by atoms with Gasteiger partial charge in [-0.15, -0.1) is 0 Å². The standard InChI is InChI=1S/C6H6ClNOS/c1-10(9)5-2-3-8-6(7)4-5/h2-4H,1H3. The van der Waals surface area contributed by atoms with E-state index in [4.69, 9.17) is 11.6 Å². The highest BCUT2D eigenvalue weighted by Crippen LogP contribution is 2.09. The Morgan fingerprint density at radius 2 is 2.40 bits per heavy atom. The van der Waals surface area contributed by atoms with Crippen molar-refractivity contribution in [3.05, 3.63) is 23.5 Å². The third kappa shape index (κ3) is 1.78. The monoisotopic (exact) mass is 175 g/mol. The van der Waals surface area contributed by atoms with E-state index in [9.17, 15) is 4.21 Å². The molecule has 0 fully saturated rings. The minimum atomic E-state index is -0.964. The number of aromatic nitrogens is 1. The summed E-state index contributed by atoms with van der Waals surface area (Å²) in [5, 5.41) is 0.382. The molecule has 0 aliphatic rings. The predicted molar refractivity (Wildman–Crippen MR) is 41.6 cm³/mol. The topological polar surface area (TPSA) is 30.0 Å². The first-order chi connectivity index (χ1) is 4.70. The fraction of sp³-hybridized carbons (Fsp3) is 0.167. The molecule has 1 rings (SSSR count). The molecule has 0 saturated heterocycles. The summed E-state index contributed by atoms with van der Waals surface area (Å²) >= 11 is 5.54. The minimum Gasteiger partial charge on any atom is -0.255 e. The molecule has 0 amide bonds. The van der Waals surface area contributed by atoms with E-state index in [2.05, 4.69) is 4.98 Å². The molecule has 1 aromatic rings. The fourth-order valence-corrected chi connectivity index (χ4v) is 1.33. The van der Waals surface area contributed by atoms with Gasteiger partial charge in [-0.2, -0.15) is 0 Å². The van der Waals surface area contributed by atoms with Crippen molar-refractivity contribution < 1.29 is 4.21 Å². The van der Waals surface area contributed by atoms with Crippen LogP contribution in [0.2, 0.25) is 5.15 Å². The van der Waals surface area contributed by atoms with Crippen molar-refractivity contribution >= 4 is 22.4 Å². The Morgan fingerprint density at radius 3 is 2.80 bits per heavy atom. The first kappa shape index (κ1) is 7.69. The van der Waals surface area contributed by atoms with E-state index in [1.54, 1.807) is 24.6 Å². The van der Waals surface area contributed by atoms with Crippen molar-refractivity contribution in [3.8, 4) is 0 Å². The third-order valence-corrected chi connectivity index (χ3v) is 2.15. The quantitative estimate of drug-likeness (QED) is 0.606. The van der Waals surface area contributed by atoms with Gasteiger partial charge in [0.05, 0.1) is 0 Å². The lowest BCUT2D eigenvalue weighted by atomic mass is 10.5. The second kappa shape index (κ2) is 3.12. The van der Waals surface area contributed by atoms with Crippen LogP contribution >= 0.6 is 11.6 Å². The molecule has 1 atom stereocenters. The van der Waals surface area contributed by atoms with Gasteiger partial charge in [0.2, 0.25) is 0 Å². The molecule has 1 heterocycles. The van der Waals surface area contributed by atoms with Crippen molar-refractivity contribution in [2.45, 2.75) is 4.90 Å². The average Bonchev–Trinajstić information content (AvgIpc) is 1.88. The Bertz CT molecular complexity index is 264. The first-order valence-electron chi connectivity index (χ1n) is 2.65. The van der Waals surface area contributed by atoms with Crippen molar-refractivity contribution in [1.82, 2.24) is 4.98 Å². The fourth-order valence-electron chi connectivity index (χ4n) is 0.564. The largest absolute Gasteiger partial charge is 0.255 e. The van der Waals surface area contributed by atoms with Crippen LogP contribution < -0.4 is 0 Å². The van der Waals surface area contributed by atoms with E-state index < -0.39 is 10.8 Å². The van der Waals surface area contributed by atoms with Crippen LogP contribution in [0.5, 0.6) is 0 Å². The van der Waals surface area contributed by atoms with Gasteiger partial charge in [-0.25, -0.2) is 4.98 Å². The number of halogens is 1. The van der Waals surface area contributed by atoms with E-state index >= 15 is 0 Å². The van der Waals surface area contributed by atoms with Gasteiger partial charge in [0.1, 0.15) is 5.15 Å². The molecule has 0 aromatic carbocycles. The van der Waals surface area contributed by atoms with Crippen LogP contribution in [0.1, 0.15) is 0 Å². The van der Waals surface area contributed by atoms with Crippen molar-refractivity contribution in [2.75, 3.05) is 6.26 Å². The van der Waals surface area contributed by atoms with Gasteiger partial charge < -0.3 is 0 Å². The number of hydrogen-bond donors (Lipinski definition) is 0. The number of hydrogen-bond acceptors (Lipinski definition) is 2. The van der Waals surface area contributed by atoms with Crippen molar-refractivity contribution in [1.29, 1.82) is 0 Å². The van der Waals surface area contributed by atoms with Crippen molar-refractivity contribution in [3.63, 3.8) is 0 Å². The minimum absolute atomic E-state index is 0.382. The van der Waals surface area contributed by atoms with Gasteiger partial charge in [0.15, 0.2) is 0 Å². The molecule has 2 nitrogen and oxygen atoms in total. The molecule has 0 saturated carbocycles. The molecule has 54 valence electrons. The van der Waals surface area contributed by atoms with Gasteiger partial charge in [-0.3, -0.25) is 4.21 Å². The van der Waals surface area contributed by atoms with Crippen LogP contribution in [-0.4, -0.2) is 15.4 Å². The third-order valence-electron chi connectivity index (χ3n) is 1.03. The summed E-state index contributed by atoms with van der Waals surface area (Å²) in [6, 6.07) is 3.28. The van der Waals surface area contributed by atoms with E-state index in [0.29, 0.717) is 10.0 Å². The summed E-state index contributed by atoms with van der Waals surface area (Å²) in [6.07, 6.45) is 3.14. The molecular weight excluding hydrogens is 170 g/mol. The van der Waals surface area contributed by atoms with Crippen LogP contribution in [0.4, 0.5) is 0 Å².